The van der Waals surface area contributed by atoms with E-state index >= 15 is 0 Å². The first-order chi connectivity index (χ1) is 11.7. The molecular formula is C19H23N3OS. The Balaban J connectivity index is 1.57. The summed E-state index contributed by atoms with van der Waals surface area (Å²) in [7, 11) is 0. The molecule has 1 aromatic carbocycles. The van der Waals surface area contributed by atoms with Crippen LogP contribution in [0.3, 0.4) is 0 Å². The van der Waals surface area contributed by atoms with E-state index in [1.165, 1.54) is 17.1 Å². The van der Waals surface area contributed by atoms with Gasteiger partial charge in [-0.05, 0) is 36.2 Å². The van der Waals surface area contributed by atoms with E-state index in [0.717, 1.165) is 25.2 Å². The molecule has 1 saturated heterocycles. The maximum atomic E-state index is 12.4. The Kier molecular flexibility index (Phi) is 5.88. The van der Waals surface area contributed by atoms with Gasteiger partial charge in [0.05, 0.1) is 6.04 Å². The molecule has 0 aliphatic carbocycles. The third-order valence-corrected chi connectivity index (χ3v) is 5.20. The van der Waals surface area contributed by atoms with E-state index in [0.29, 0.717) is 5.56 Å². The lowest BCUT2D eigenvalue weighted by molar-refractivity contribution is 0.0940. The number of aromatic nitrogens is 1. The van der Waals surface area contributed by atoms with Crippen LogP contribution in [-0.2, 0) is 6.54 Å². The van der Waals surface area contributed by atoms with Crippen molar-refractivity contribution >= 4 is 17.7 Å². The van der Waals surface area contributed by atoms with Crippen LogP contribution in [-0.4, -0.2) is 40.4 Å². The molecule has 1 amide bonds. The van der Waals surface area contributed by atoms with E-state index in [-0.39, 0.29) is 11.9 Å². The molecule has 126 valence electrons. The van der Waals surface area contributed by atoms with Gasteiger partial charge in [-0.1, -0.05) is 18.2 Å². The molecule has 0 saturated carbocycles. The molecular weight excluding hydrogens is 318 g/mol. The van der Waals surface area contributed by atoms with Gasteiger partial charge in [-0.3, -0.25) is 14.7 Å². The lowest BCUT2D eigenvalue weighted by atomic mass is 10.1. The molecule has 1 unspecified atom stereocenters. The Morgan fingerprint density at radius 3 is 2.67 bits per heavy atom. The average molecular weight is 341 g/mol. The zero-order valence-electron chi connectivity index (χ0n) is 13.9. The Morgan fingerprint density at radius 1 is 1.25 bits per heavy atom. The van der Waals surface area contributed by atoms with E-state index in [2.05, 4.69) is 27.3 Å². The highest BCUT2D eigenvalue weighted by Gasteiger charge is 2.13. The quantitative estimate of drug-likeness (QED) is 0.908. The smallest absolute Gasteiger partial charge is 0.251 e. The van der Waals surface area contributed by atoms with Crippen molar-refractivity contribution < 1.29 is 4.79 Å². The molecule has 1 atom stereocenters. The first kappa shape index (κ1) is 17.0. The molecule has 1 fully saturated rings. The summed E-state index contributed by atoms with van der Waals surface area (Å²) in [6.07, 6.45) is 3.52. The monoisotopic (exact) mass is 341 g/mol. The van der Waals surface area contributed by atoms with Crippen LogP contribution < -0.4 is 5.32 Å². The SMILES string of the molecule is CC(NC(=O)c1ccc(CN2CCSCC2)cc1)c1cccnc1. The van der Waals surface area contributed by atoms with Gasteiger partial charge in [0, 0.05) is 49.1 Å². The number of hydrogen-bond acceptors (Lipinski definition) is 4. The minimum absolute atomic E-state index is 0.0488. The van der Waals surface area contributed by atoms with E-state index < -0.39 is 0 Å². The molecule has 1 aromatic heterocycles. The summed E-state index contributed by atoms with van der Waals surface area (Å²) in [4.78, 5) is 18.9. The molecule has 1 aliphatic heterocycles. The van der Waals surface area contributed by atoms with Crippen LogP contribution >= 0.6 is 11.8 Å². The van der Waals surface area contributed by atoms with Crippen LogP contribution in [0.2, 0.25) is 0 Å². The topological polar surface area (TPSA) is 45.2 Å². The number of pyridine rings is 1. The van der Waals surface area contributed by atoms with E-state index in [1.54, 1.807) is 12.4 Å². The largest absolute Gasteiger partial charge is 0.345 e. The first-order valence-corrected chi connectivity index (χ1v) is 9.47. The van der Waals surface area contributed by atoms with Gasteiger partial charge in [0.25, 0.3) is 5.91 Å². The van der Waals surface area contributed by atoms with Crippen LogP contribution in [0.15, 0.2) is 48.8 Å². The molecule has 0 radical (unpaired) electrons. The number of carbonyl (C=O) groups is 1. The van der Waals surface area contributed by atoms with Gasteiger partial charge in [-0.2, -0.15) is 11.8 Å². The Bertz CT molecular complexity index is 654. The number of nitrogens with zero attached hydrogens (tertiary/aromatic N) is 2. The second-order valence-corrected chi connectivity index (χ2v) is 7.29. The van der Waals surface area contributed by atoms with Crippen molar-refractivity contribution in [1.82, 2.24) is 15.2 Å². The number of nitrogens with one attached hydrogen (secondary N) is 1. The molecule has 3 rings (SSSR count). The van der Waals surface area contributed by atoms with E-state index in [1.807, 2.05) is 43.0 Å². The molecule has 0 spiro atoms. The van der Waals surface area contributed by atoms with Crippen molar-refractivity contribution in [2.24, 2.45) is 0 Å². The number of hydrogen-bond donors (Lipinski definition) is 1. The second-order valence-electron chi connectivity index (χ2n) is 6.07. The fraction of sp³-hybridized carbons (Fsp3) is 0.368. The van der Waals surface area contributed by atoms with Gasteiger partial charge in [0.15, 0.2) is 0 Å². The Hall–Kier alpha value is -1.85. The predicted octanol–water partition coefficient (Wildman–Crippen LogP) is 3.12. The van der Waals surface area contributed by atoms with E-state index in [9.17, 15) is 4.79 Å². The van der Waals surface area contributed by atoms with Crippen LogP contribution in [0.5, 0.6) is 0 Å². The Labute approximate surface area is 147 Å². The van der Waals surface area contributed by atoms with Gasteiger partial charge < -0.3 is 5.32 Å². The lowest BCUT2D eigenvalue weighted by Gasteiger charge is -2.26. The van der Waals surface area contributed by atoms with Crippen molar-refractivity contribution in [3.8, 4) is 0 Å². The predicted molar refractivity (Wildman–Crippen MR) is 99.2 cm³/mol. The van der Waals surface area contributed by atoms with Gasteiger partial charge >= 0.3 is 0 Å². The molecule has 0 bridgehead atoms. The standard InChI is InChI=1S/C19H23N3OS/c1-15(18-3-2-8-20-13-18)21-19(23)17-6-4-16(5-7-17)14-22-9-11-24-12-10-22/h2-8,13,15H,9-12,14H2,1H3,(H,21,23). The summed E-state index contributed by atoms with van der Waals surface area (Å²) in [5.41, 5.74) is 2.97. The van der Waals surface area contributed by atoms with E-state index in [4.69, 9.17) is 0 Å². The zero-order chi connectivity index (χ0) is 16.8. The Morgan fingerprint density at radius 2 is 2.00 bits per heavy atom. The molecule has 4 nitrogen and oxygen atoms in total. The highest BCUT2D eigenvalue weighted by molar-refractivity contribution is 7.99. The van der Waals surface area contributed by atoms with Crippen LogP contribution in [0, 0.1) is 0 Å². The van der Waals surface area contributed by atoms with Gasteiger partial charge in [-0.25, -0.2) is 0 Å². The maximum absolute atomic E-state index is 12.4. The molecule has 2 heterocycles. The van der Waals surface area contributed by atoms with Gasteiger partial charge in [0.1, 0.15) is 0 Å². The normalized spacial score (nSPS) is 16.5. The third kappa shape index (κ3) is 4.58. The average Bonchev–Trinajstić information content (AvgIpc) is 2.64. The maximum Gasteiger partial charge on any atom is 0.251 e. The summed E-state index contributed by atoms with van der Waals surface area (Å²) in [6.45, 7) is 5.23. The lowest BCUT2D eigenvalue weighted by Crippen LogP contribution is -2.32. The number of thioether (sulfide) groups is 1. The number of carbonyl (C=O) groups excluding carboxylic acids is 1. The van der Waals surface area contributed by atoms with Crippen LogP contribution in [0.1, 0.15) is 34.5 Å². The summed E-state index contributed by atoms with van der Waals surface area (Å²) >= 11 is 2.02. The van der Waals surface area contributed by atoms with Gasteiger partial charge in [-0.15, -0.1) is 0 Å². The summed E-state index contributed by atoms with van der Waals surface area (Å²) in [6, 6.07) is 11.7. The highest BCUT2D eigenvalue weighted by Crippen LogP contribution is 2.15. The highest BCUT2D eigenvalue weighted by atomic mass is 32.2. The van der Waals surface area contributed by atoms with Crippen LogP contribution in [0.4, 0.5) is 0 Å². The molecule has 1 aliphatic rings. The molecule has 5 heteroatoms. The van der Waals surface area contributed by atoms with Crippen LogP contribution in [0.25, 0.3) is 0 Å². The first-order valence-electron chi connectivity index (χ1n) is 8.32. The zero-order valence-corrected chi connectivity index (χ0v) is 14.8. The van der Waals surface area contributed by atoms with Crippen molar-refractivity contribution in [1.29, 1.82) is 0 Å². The summed E-state index contributed by atoms with van der Waals surface area (Å²) < 4.78 is 0. The van der Waals surface area contributed by atoms with Crippen molar-refractivity contribution in [2.75, 3.05) is 24.6 Å². The minimum Gasteiger partial charge on any atom is -0.345 e. The fourth-order valence-electron chi connectivity index (χ4n) is 2.77. The van der Waals surface area contributed by atoms with Crippen molar-refractivity contribution in [3.63, 3.8) is 0 Å². The summed E-state index contributed by atoms with van der Waals surface area (Å²) in [5.74, 6) is 2.38. The molecule has 24 heavy (non-hydrogen) atoms. The van der Waals surface area contributed by atoms with Crippen molar-refractivity contribution in [3.05, 3.63) is 65.5 Å². The summed E-state index contributed by atoms with van der Waals surface area (Å²) in [5, 5.41) is 3.02. The molecule has 2 aromatic rings. The fourth-order valence-corrected chi connectivity index (χ4v) is 3.75. The van der Waals surface area contributed by atoms with Gasteiger partial charge in [0.2, 0.25) is 0 Å². The van der Waals surface area contributed by atoms with Crippen molar-refractivity contribution in [2.45, 2.75) is 19.5 Å². The number of amides is 1. The number of benzene rings is 1. The molecule has 1 N–H and O–H groups in total. The second kappa shape index (κ2) is 8.31. The number of rotatable bonds is 5. The third-order valence-electron chi connectivity index (χ3n) is 4.26. The minimum atomic E-state index is -0.0586.